The molecule has 1 N–H and O–H groups in total. The third-order valence-corrected chi connectivity index (χ3v) is 9.14. The minimum absolute atomic E-state index is 0.0507. The van der Waals surface area contributed by atoms with Crippen LogP contribution in [0.4, 0.5) is 0 Å². The van der Waals surface area contributed by atoms with Crippen LogP contribution in [0.2, 0.25) is 0 Å². The Morgan fingerprint density at radius 3 is 1.83 bits per heavy atom. The average molecular weight is 646 g/mol. The summed E-state index contributed by atoms with van der Waals surface area (Å²) in [6.45, 7) is 6.53. The topological polar surface area (TPSA) is 119 Å². The summed E-state index contributed by atoms with van der Waals surface area (Å²) in [5.41, 5.74) is 0.00481. The Bertz CT molecular complexity index is 1280. The molecule has 2 heterocycles. The van der Waals surface area contributed by atoms with E-state index in [0.717, 1.165) is 83.0 Å². The van der Waals surface area contributed by atoms with Crippen LogP contribution in [-0.4, -0.2) is 55.1 Å². The number of aryl methyl sites for hydroxylation is 3. The maximum Gasteiger partial charge on any atom is 0.329 e. The fourth-order valence-electron chi connectivity index (χ4n) is 6.30. The zero-order chi connectivity index (χ0) is 33.7. The molecule has 0 aliphatic carbocycles. The minimum Gasteiger partial charge on any atom is -0.461 e. The van der Waals surface area contributed by atoms with Gasteiger partial charge in [0.15, 0.2) is 11.2 Å². The van der Waals surface area contributed by atoms with Crippen molar-refractivity contribution in [1.82, 2.24) is 24.0 Å². The van der Waals surface area contributed by atoms with Crippen LogP contribution >= 0.6 is 0 Å². The van der Waals surface area contributed by atoms with Crippen LogP contribution in [0.25, 0.3) is 11.2 Å². The molecule has 0 bridgehead atoms. The molecule has 0 radical (unpaired) electrons. The lowest BCUT2D eigenvalue weighted by Gasteiger charge is -2.26. The maximum atomic E-state index is 12.3. The van der Waals surface area contributed by atoms with Gasteiger partial charge in [-0.25, -0.2) is 9.78 Å². The molecule has 10 heteroatoms. The normalized spacial score (nSPS) is 12.1. The van der Waals surface area contributed by atoms with E-state index in [-0.39, 0.29) is 18.0 Å². The van der Waals surface area contributed by atoms with E-state index < -0.39 is 11.2 Å². The van der Waals surface area contributed by atoms with Gasteiger partial charge >= 0.3 is 11.7 Å². The van der Waals surface area contributed by atoms with Crippen molar-refractivity contribution < 1.29 is 14.3 Å². The molecule has 0 saturated heterocycles. The standard InChI is InChI=1S/C36H63N5O5/c1-6-7-8-9-10-11-12-13-14-18-21-24-27-41(29(2)42)28-31(46-30(3)43)25-22-19-16-15-17-20-23-26-32-37-34-33(39(32)4)35(44)38-36(45)40(34)5/h31H,6-28H2,1-5H3,(H,38,44,45). The number of imidazole rings is 1. The summed E-state index contributed by atoms with van der Waals surface area (Å²) >= 11 is 0. The van der Waals surface area contributed by atoms with Gasteiger partial charge < -0.3 is 14.2 Å². The predicted molar refractivity (Wildman–Crippen MR) is 186 cm³/mol. The molecule has 0 saturated carbocycles. The van der Waals surface area contributed by atoms with Gasteiger partial charge in [0.2, 0.25) is 5.91 Å². The zero-order valence-corrected chi connectivity index (χ0v) is 29.7. The predicted octanol–water partition coefficient (Wildman–Crippen LogP) is 7.10. The number of unbranched alkanes of at least 4 members (excludes halogenated alkanes) is 17. The van der Waals surface area contributed by atoms with Crippen molar-refractivity contribution >= 4 is 23.0 Å². The zero-order valence-electron chi connectivity index (χ0n) is 29.7. The third-order valence-electron chi connectivity index (χ3n) is 9.14. The summed E-state index contributed by atoms with van der Waals surface area (Å²) < 4.78 is 8.79. The number of carbonyl (C=O) groups is 2. The summed E-state index contributed by atoms with van der Waals surface area (Å²) in [6, 6.07) is 0. The molecule has 0 aliphatic heterocycles. The molecule has 2 rings (SSSR count). The van der Waals surface area contributed by atoms with Gasteiger partial charge in [-0.15, -0.1) is 0 Å². The summed E-state index contributed by atoms with van der Waals surface area (Å²) in [6.07, 6.45) is 24.2. The van der Waals surface area contributed by atoms with E-state index in [1.165, 1.54) is 75.7 Å². The second-order valence-corrected chi connectivity index (χ2v) is 13.2. The molecule has 2 aromatic heterocycles. The van der Waals surface area contributed by atoms with E-state index in [1.807, 2.05) is 11.9 Å². The Balaban J connectivity index is 1.59. The summed E-state index contributed by atoms with van der Waals surface area (Å²) in [4.78, 5) is 57.0. The second-order valence-electron chi connectivity index (χ2n) is 13.2. The monoisotopic (exact) mass is 645 g/mol. The lowest BCUT2D eigenvalue weighted by molar-refractivity contribution is -0.149. The number of hydrogen-bond donors (Lipinski definition) is 1. The van der Waals surface area contributed by atoms with Crippen molar-refractivity contribution in [1.29, 1.82) is 0 Å². The molecular formula is C36H63N5O5. The molecule has 0 fully saturated rings. The first-order valence-corrected chi connectivity index (χ1v) is 18.2. The van der Waals surface area contributed by atoms with Gasteiger partial charge in [0.05, 0.1) is 6.54 Å². The quantitative estimate of drug-likeness (QED) is 0.0861. The van der Waals surface area contributed by atoms with Crippen LogP contribution in [0.3, 0.4) is 0 Å². The molecule has 262 valence electrons. The molecule has 0 spiro atoms. The molecule has 1 atom stereocenters. The van der Waals surface area contributed by atoms with Gasteiger partial charge in [0.1, 0.15) is 11.9 Å². The highest BCUT2D eigenvalue weighted by atomic mass is 16.5. The number of aromatic nitrogens is 4. The number of nitrogens with one attached hydrogen (secondary N) is 1. The van der Waals surface area contributed by atoms with Gasteiger partial charge in [0.25, 0.3) is 5.56 Å². The molecule has 0 aromatic carbocycles. The first kappa shape index (κ1) is 39.3. The lowest BCUT2D eigenvalue weighted by atomic mass is 10.0. The second kappa shape index (κ2) is 22.6. The number of esters is 1. The fourth-order valence-corrected chi connectivity index (χ4v) is 6.30. The SMILES string of the molecule is CCCCCCCCCCCCCCN(CC(CCCCCCCCCc1nc2c(c(=O)[nH]c(=O)n2C)n1C)OC(C)=O)C(C)=O. The Morgan fingerprint density at radius 2 is 1.28 bits per heavy atom. The van der Waals surface area contributed by atoms with Crippen molar-refractivity contribution in [3.63, 3.8) is 0 Å². The van der Waals surface area contributed by atoms with E-state index in [1.54, 1.807) is 18.5 Å². The van der Waals surface area contributed by atoms with Crippen LogP contribution in [0.5, 0.6) is 0 Å². The Hall–Kier alpha value is -2.91. The molecule has 46 heavy (non-hydrogen) atoms. The summed E-state index contributed by atoms with van der Waals surface area (Å²) in [7, 11) is 3.44. The molecule has 1 unspecified atom stereocenters. The number of hydrogen-bond acceptors (Lipinski definition) is 6. The smallest absolute Gasteiger partial charge is 0.329 e. The highest BCUT2D eigenvalue weighted by molar-refractivity contribution is 5.73. The van der Waals surface area contributed by atoms with E-state index >= 15 is 0 Å². The Labute approximate surface area is 276 Å². The first-order chi connectivity index (χ1) is 22.1. The van der Waals surface area contributed by atoms with Crippen LogP contribution in [-0.2, 0) is 34.8 Å². The van der Waals surface area contributed by atoms with Crippen molar-refractivity contribution in [2.75, 3.05) is 13.1 Å². The molecule has 1 amide bonds. The van der Waals surface area contributed by atoms with Gasteiger partial charge in [-0.3, -0.25) is 23.9 Å². The van der Waals surface area contributed by atoms with E-state index in [4.69, 9.17) is 4.74 Å². The highest BCUT2D eigenvalue weighted by Crippen LogP contribution is 2.16. The van der Waals surface area contributed by atoms with Crippen molar-refractivity contribution in [2.45, 2.75) is 162 Å². The number of H-pyrrole nitrogens is 1. The van der Waals surface area contributed by atoms with Crippen LogP contribution in [0, 0.1) is 0 Å². The minimum atomic E-state index is -0.452. The molecule has 10 nitrogen and oxygen atoms in total. The number of ether oxygens (including phenoxy) is 1. The maximum absolute atomic E-state index is 12.3. The highest BCUT2D eigenvalue weighted by Gasteiger charge is 2.19. The van der Waals surface area contributed by atoms with Gasteiger partial charge in [-0.2, -0.15) is 0 Å². The van der Waals surface area contributed by atoms with Crippen LogP contribution in [0.1, 0.15) is 155 Å². The van der Waals surface area contributed by atoms with Gasteiger partial charge in [-0.05, 0) is 25.7 Å². The fraction of sp³-hybridized carbons (Fsp3) is 0.806. The first-order valence-electron chi connectivity index (χ1n) is 18.2. The number of amides is 1. The summed E-state index contributed by atoms with van der Waals surface area (Å²) in [5.74, 6) is 0.581. The van der Waals surface area contributed by atoms with Gasteiger partial charge in [-0.1, -0.05) is 110 Å². The largest absolute Gasteiger partial charge is 0.461 e. The van der Waals surface area contributed by atoms with E-state index in [9.17, 15) is 19.2 Å². The van der Waals surface area contributed by atoms with Crippen molar-refractivity contribution in [2.24, 2.45) is 14.1 Å². The summed E-state index contributed by atoms with van der Waals surface area (Å²) in [5, 5.41) is 0. The molecular weight excluding hydrogens is 582 g/mol. The van der Waals surface area contributed by atoms with E-state index in [2.05, 4.69) is 16.9 Å². The number of fused-ring (bicyclic) bond motifs is 1. The number of nitrogens with zero attached hydrogens (tertiary/aromatic N) is 4. The number of carbonyl (C=O) groups excluding carboxylic acids is 2. The lowest BCUT2D eigenvalue weighted by Crippen LogP contribution is -2.38. The molecule has 2 aromatic rings. The molecule has 0 aliphatic rings. The number of rotatable bonds is 26. The van der Waals surface area contributed by atoms with Crippen molar-refractivity contribution in [3.8, 4) is 0 Å². The Morgan fingerprint density at radius 1 is 0.761 bits per heavy atom. The van der Waals surface area contributed by atoms with Gasteiger partial charge in [0, 0.05) is 40.9 Å². The van der Waals surface area contributed by atoms with Crippen LogP contribution < -0.4 is 11.2 Å². The Kier molecular flexibility index (Phi) is 19.3. The number of aromatic amines is 1. The van der Waals surface area contributed by atoms with E-state index in [0.29, 0.717) is 17.7 Å². The average Bonchev–Trinajstić information content (AvgIpc) is 3.34. The van der Waals surface area contributed by atoms with Crippen molar-refractivity contribution in [3.05, 3.63) is 26.7 Å². The van der Waals surface area contributed by atoms with Crippen LogP contribution in [0.15, 0.2) is 9.59 Å². The third kappa shape index (κ3) is 14.7.